The minimum atomic E-state index is 0. The molecule has 0 fully saturated rings. The fourth-order valence-electron chi connectivity index (χ4n) is 0. The Morgan fingerprint density at radius 1 is 0.0778 bits per heavy atom. The second-order valence-electron chi connectivity index (χ2n) is 0. The van der Waals surface area contributed by atoms with Gasteiger partial charge in [-0.15, -0.1) is 0 Å². The molecular formula is C36Cu12Fe6N36-24. The predicted molar refractivity (Wildman–Crippen MR) is 179 cm³/mol. The molecule has 0 spiro atoms. The van der Waals surface area contributed by atoms with Gasteiger partial charge in [-0.3, -0.25) is 0 Å². The molecule has 36 nitrogen and oxygen atoms in total. The Morgan fingerprint density at radius 2 is 0.0778 bits per heavy atom. The molecule has 0 rings (SSSR count). The van der Waals surface area contributed by atoms with Crippen molar-refractivity contribution in [2.75, 3.05) is 0 Å². The van der Waals surface area contributed by atoms with Gasteiger partial charge >= 0.3 is 266 Å². The summed E-state index contributed by atoms with van der Waals surface area (Å²) in [5.41, 5.74) is 0. The molecule has 0 atom stereocenters. The van der Waals surface area contributed by atoms with Crippen molar-refractivity contribution in [3.8, 4) is 0 Å². The van der Waals surface area contributed by atoms with Crippen molar-refractivity contribution in [2.24, 2.45) is 0 Å². The standard InChI is InChI=1S/36CN.12Cu.6Fe/c36*1-2;;;;;;;;;;;;;;;;;;/q36*-1;;;;;;;6*+2;;;;;;. The summed E-state index contributed by atoms with van der Waals surface area (Å²) in [5, 5.41) is 225. The van der Waals surface area contributed by atoms with E-state index in [1.165, 1.54) is 0 Å². The molecule has 0 amide bonds. The molecule has 6 radical (unpaired) electrons. The number of hydrogen-bond donors (Lipinski definition) is 0. The topological polar surface area (TPSA) is 856 Å². The van der Waals surface area contributed by atoms with Gasteiger partial charge in [0.25, 0.3) is 0 Å². The predicted octanol–water partition coefficient (Wildman–Crippen LogP) is 3.42. The van der Waals surface area contributed by atoms with Crippen molar-refractivity contribution in [1.29, 1.82) is 189 Å². The Kier molecular flexibility index (Phi) is 32500. The Hall–Kier alpha value is -9.01. The molecule has 0 heterocycles. The number of rotatable bonds is 0. The van der Waals surface area contributed by atoms with Crippen molar-refractivity contribution in [3.05, 3.63) is 237 Å². The van der Waals surface area contributed by atoms with Crippen LogP contribution in [0.3, 0.4) is 0 Å². The molecule has 90 heavy (non-hydrogen) atoms. The average molecular weight is 2030 g/mol. The van der Waals surface area contributed by atoms with Crippen molar-refractivity contribution in [3.63, 3.8) is 0 Å². The summed E-state index contributed by atoms with van der Waals surface area (Å²) in [4.78, 5) is 0. The molecule has 0 aromatic heterocycles. The Balaban J connectivity index is -0.00000000436. The van der Waals surface area contributed by atoms with E-state index in [1.54, 1.807) is 0 Å². The fourth-order valence-corrected chi connectivity index (χ4v) is 0. The molecule has 0 aromatic rings. The summed E-state index contributed by atoms with van der Waals surface area (Å²) in [6.07, 6.45) is 0. The van der Waals surface area contributed by atoms with Crippen LogP contribution in [0, 0.1) is 426 Å². The number of hydrogen-bond acceptors (Lipinski definition) is 36. The van der Waals surface area contributed by atoms with Crippen molar-refractivity contribution in [2.45, 2.75) is 0 Å². The summed E-state index contributed by atoms with van der Waals surface area (Å²) in [6.45, 7) is 171. The maximum atomic E-state index is 6.25. The van der Waals surface area contributed by atoms with Crippen LogP contribution >= 0.6 is 0 Å². The first-order valence-electron chi connectivity index (χ1n) is 8.69. The molecule has 528 valence electrons. The zero-order valence-corrected chi connectivity index (χ0v) is 57.8. The molecule has 0 aromatic carbocycles. The summed E-state index contributed by atoms with van der Waals surface area (Å²) in [6, 6.07) is 0. The fraction of sp³-hybridized carbons (Fsp3) is 0. The van der Waals surface area contributed by atoms with E-state index in [-0.39, 0.29) is 102 Å². The van der Waals surface area contributed by atoms with Gasteiger partial charge in [0.15, 0.2) is 0 Å². The Bertz CT molecular complexity index is 966. The zero-order chi connectivity index (χ0) is 84.0. The molecule has 0 aliphatic carbocycles. The van der Waals surface area contributed by atoms with Crippen LogP contribution in [0.15, 0.2) is 0 Å². The van der Waals surface area contributed by atoms with Crippen LogP contribution in [-0.4, -0.2) is 0 Å². The minimum absolute atomic E-state index is 0. The third-order valence-electron chi connectivity index (χ3n) is 0. The molecule has 0 aliphatic heterocycles. The first kappa shape index (κ1) is 476. The second-order valence-corrected chi connectivity index (χ2v) is 0. The van der Waals surface area contributed by atoms with Crippen LogP contribution in [-0.2, 0) is 266 Å². The van der Waals surface area contributed by atoms with E-state index in [0.717, 1.165) is 0 Å². The first-order chi connectivity index (χ1) is 42.0. The normalized spacial score (nSPS) is 1.27. The quantitative estimate of drug-likeness (QED) is 0.248. The molecule has 0 saturated heterocycles. The Morgan fingerprint density at radius 3 is 0.0778 bits per heavy atom. The first-order valence-corrected chi connectivity index (χ1v) is 18.9. The molecular weight excluding hydrogens is 2030 g/mol. The monoisotopic (exact) mass is 2030 g/mol. The van der Waals surface area contributed by atoms with Gasteiger partial charge in [0.2, 0.25) is 0 Å². The van der Waals surface area contributed by atoms with Crippen LogP contribution < -0.4 is 0 Å². The van der Waals surface area contributed by atoms with E-state index >= 15 is 0 Å². The molecule has 0 saturated carbocycles. The van der Waals surface area contributed by atoms with Crippen LogP contribution in [0.5, 0.6) is 0 Å². The van der Waals surface area contributed by atoms with Gasteiger partial charge in [-0.1, -0.05) is 0 Å². The van der Waals surface area contributed by atoms with Gasteiger partial charge in [-0.2, -0.15) is 0 Å². The van der Waals surface area contributed by atoms with Gasteiger partial charge in [0, 0.05) is 0 Å². The van der Waals surface area contributed by atoms with Crippen LogP contribution in [0.4, 0.5) is 0 Å². The van der Waals surface area contributed by atoms with Crippen molar-refractivity contribution >= 4 is 0 Å². The van der Waals surface area contributed by atoms with Crippen molar-refractivity contribution in [1.82, 2.24) is 0 Å². The molecule has 0 bridgehead atoms. The van der Waals surface area contributed by atoms with Gasteiger partial charge in [-0.05, 0) is 0 Å². The van der Waals surface area contributed by atoms with E-state index in [9.17, 15) is 0 Å². The van der Waals surface area contributed by atoms with Gasteiger partial charge < -0.3 is 426 Å². The van der Waals surface area contributed by atoms with Crippen LogP contribution in [0.25, 0.3) is 0 Å². The summed E-state index contributed by atoms with van der Waals surface area (Å²) >= 11 is 40.5. The number of nitrogens with zero attached hydrogens (tertiary/aromatic N) is 36. The van der Waals surface area contributed by atoms with Gasteiger partial charge in [-0.25, -0.2) is 0 Å². The SMILES string of the molecule is [C-]#N.[C-]#N.[C-]#N.[C-]#N.[C-]#N.[C-]#N.[C-]#N.[C-]#N.[C-]#N.[C-]#N.[C-]#N.[C-]#N.[C-]#N.[C-]#N.[C-]#N.[C-]#N.[C-]#N.[C-]#N.[C-]#N.[C-]#N.[C-]#N.[C-]#N.[C-]#N.[C-]#N.[C-]#N.[C-]#N.[C-]#N.[C-]#N.[C-]#N.[C-]#N.[C-]#N.[C-]#N.[C-]#N.[C-]#N.[C-]#N.[C-]#N.[Cu+2].[Cu+2].[Cu+2].[Cu+2].[Cu+2].[Cu+2].[Fe]=[Cu].[Fe]=[Cu].[Fe]=[Cu].[Fe]=[Cu].[Fe]=[Cu].[Fe]=[Cu]. The van der Waals surface area contributed by atoms with Crippen molar-refractivity contribution < 1.29 is 266 Å². The van der Waals surface area contributed by atoms with E-state index < -0.39 is 0 Å². The summed E-state index contributed by atoms with van der Waals surface area (Å²) < 4.78 is 0. The third kappa shape index (κ3) is 5920. The third-order valence-corrected chi connectivity index (χ3v) is 0. The molecule has 0 unspecified atom stereocenters. The van der Waals surface area contributed by atoms with Gasteiger partial charge in [0.1, 0.15) is 0 Å². The maximum absolute atomic E-state index is 6.25. The average Bonchev–Trinajstić information content (AvgIpc) is 3.74. The molecule has 54 heteroatoms. The zero-order valence-electron chi connectivity index (χ0n) is 39.8. The molecule has 0 aliphatic rings. The summed E-state index contributed by atoms with van der Waals surface area (Å²) in [5.74, 6) is 0. The second kappa shape index (κ2) is 6150. The van der Waals surface area contributed by atoms with Gasteiger partial charge in [0.05, 0.1) is 0 Å². The van der Waals surface area contributed by atoms with E-state index in [1.807, 2.05) is 0 Å². The van der Waals surface area contributed by atoms with E-state index in [4.69, 9.17) is 426 Å². The molecule has 0 N–H and O–H groups in total. The van der Waals surface area contributed by atoms with E-state index in [2.05, 4.69) is 164 Å². The van der Waals surface area contributed by atoms with Crippen LogP contribution in [0.2, 0.25) is 0 Å². The van der Waals surface area contributed by atoms with Crippen LogP contribution in [0.1, 0.15) is 0 Å². The Labute approximate surface area is 683 Å². The summed E-state index contributed by atoms with van der Waals surface area (Å²) in [7, 11) is 0. The van der Waals surface area contributed by atoms with E-state index in [0.29, 0.717) is 0 Å².